The Balaban J connectivity index is 1.26. The van der Waals surface area contributed by atoms with Crippen LogP contribution < -0.4 is 9.80 Å². The summed E-state index contributed by atoms with van der Waals surface area (Å²) < 4.78 is 0. The third-order valence-electron chi connectivity index (χ3n) is 7.30. The second kappa shape index (κ2) is 9.59. The van der Waals surface area contributed by atoms with Crippen LogP contribution in [0.25, 0.3) is 0 Å². The molecular weight excluding hydrogens is 503 g/mol. The van der Waals surface area contributed by atoms with E-state index < -0.39 is 12.1 Å². The van der Waals surface area contributed by atoms with E-state index in [1.54, 1.807) is 36.4 Å². The van der Waals surface area contributed by atoms with E-state index in [4.69, 9.17) is 23.2 Å². The van der Waals surface area contributed by atoms with Crippen molar-refractivity contribution in [1.29, 1.82) is 0 Å². The Hall–Kier alpha value is -2.78. The highest BCUT2D eigenvalue weighted by atomic mass is 35.5. The third kappa shape index (κ3) is 4.32. The molecule has 3 fully saturated rings. The topological polar surface area (TPSA) is 81.2 Å². The molecule has 0 unspecified atom stereocenters. The second-order valence-corrected chi connectivity index (χ2v) is 10.4. The van der Waals surface area contributed by atoms with E-state index in [0.717, 1.165) is 11.1 Å². The van der Waals surface area contributed by atoms with E-state index >= 15 is 0 Å². The molecule has 8 nitrogen and oxygen atoms in total. The largest absolute Gasteiger partial charge is 0.289 e. The maximum absolute atomic E-state index is 13.3. The van der Waals surface area contributed by atoms with E-state index in [-0.39, 0.29) is 36.5 Å². The minimum absolute atomic E-state index is 0.105. The first-order valence-electron chi connectivity index (χ1n) is 11.9. The Labute approximate surface area is 219 Å². The molecular formula is C26H26Cl2N4O4. The van der Waals surface area contributed by atoms with Gasteiger partial charge in [-0.25, -0.2) is 9.80 Å². The summed E-state index contributed by atoms with van der Waals surface area (Å²) in [7, 11) is 0. The van der Waals surface area contributed by atoms with E-state index in [1.165, 1.54) is 9.80 Å². The van der Waals surface area contributed by atoms with Crippen molar-refractivity contribution in [3.63, 3.8) is 0 Å². The zero-order valence-corrected chi connectivity index (χ0v) is 21.6. The number of hydrogen-bond donors (Lipinski definition) is 0. The molecule has 0 saturated carbocycles. The Morgan fingerprint density at radius 3 is 1.36 bits per heavy atom. The number of piperazine rings is 1. The van der Waals surface area contributed by atoms with E-state index in [0.29, 0.717) is 47.6 Å². The van der Waals surface area contributed by atoms with Crippen molar-refractivity contribution in [2.75, 3.05) is 36.0 Å². The number of carbonyl (C=O) groups is 4. The number of halogens is 2. The molecule has 2 aromatic carbocycles. The molecule has 3 aliphatic rings. The summed E-state index contributed by atoms with van der Waals surface area (Å²) in [5, 5.41) is 0.928. The van der Waals surface area contributed by atoms with Gasteiger partial charge in [0.25, 0.3) is 11.8 Å². The van der Waals surface area contributed by atoms with Crippen molar-refractivity contribution in [2.24, 2.45) is 0 Å². The molecule has 3 heterocycles. The monoisotopic (exact) mass is 528 g/mol. The number of carbonyl (C=O) groups excluding carboxylic acids is 4. The smallest absolute Gasteiger partial charge is 0.251 e. The van der Waals surface area contributed by atoms with Crippen LogP contribution in [0.15, 0.2) is 36.4 Å². The van der Waals surface area contributed by atoms with Gasteiger partial charge in [0.05, 0.1) is 36.3 Å². The molecule has 2 aromatic rings. The van der Waals surface area contributed by atoms with Crippen LogP contribution in [0.4, 0.5) is 11.4 Å². The van der Waals surface area contributed by atoms with Crippen molar-refractivity contribution in [3.8, 4) is 0 Å². The Kier molecular flexibility index (Phi) is 6.63. The van der Waals surface area contributed by atoms with Crippen LogP contribution in [0, 0.1) is 13.8 Å². The molecule has 0 bridgehead atoms. The highest BCUT2D eigenvalue weighted by molar-refractivity contribution is 6.32. The standard InChI is InChI=1S/C26H26Cl2N4O4/c1-15-3-5-17(27)11-19(15)31-23(33)13-21(25(31)35)29-7-9-30(10-8-29)22-14-24(34)32(26(22)36)20-12-18(28)6-4-16(20)2/h3-6,11-12,21-22H,7-10,13-14H2,1-2H3/t21-,22-/m0/s1. The summed E-state index contributed by atoms with van der Waals surface area (Å²) in [5.74, 6) is -1.01. The number of rotatable bonds is 4. The van der Waals surface area contributed by atoms with Crippen molar-refractivity contribution < 1.29 is 19.2 Å². The number of nitrogens with zero attached hydrogens (tertiary/aromatic N) is 4. The minimum Gasteiger partial charge on any atom is -0.289 e. The molecule has 0 aromatic heterocycles. The molecule has 0 aliphatic carbocycles. The Morgan fingerprint density at radius 2 is 1.00 bits per heavy atom. The maximum atomic E-state index is 13.3. The molecule has 4 amide bonds. The molecule has 188 valence electrons. The van der Waals surface area contributed by atoms with Gasteiger partial charge in [-0.3, -0.25) is 29.0 Å². The average molecular weight is 529 g/mol. The van der Waals surface area contributed by atoms with Gasteiger partial charge in [-0.2, -0.15) is 0 Å². The van der Waals surface area contributed by atoms with Crippen molar-refractivity contribution in [3.05, 3.63) is 57.6 Å². The summed E-state index contributed by atoms with van der Waals surface area (Å²) in [5.41, 5.74) is 2.64. The lowest BCUT2D eigenvalue weighted by Gasteiger charge is -2.38. The fraction of sp³-hybridized carbons (Fsp3) is 0.385. The molecule has 5 rings (SSSR count). The molecule has 2 atom stereocenters. The fourth-order valence-corrected chi connectivity index (χ4v) is 5.65. The van der Waals surface area contributed by atoms with Crippen molar-refractivity contribution >= 4 is 58.2 Å². The van der Waals surface area contributed by atoms with E-state index in [9.17, 15) is 19.2 Å². The first kappa shape index (κ1) is 24.9. The van der Waals surface area contributed by atoms with Crippen molar-refractivity contribution in [2.45, 2.75) is 38.8 Å². The van der Waals surface area contributed by atoms with Gasteiger partial charge < -0.3 is 0 Å². The van der Waals surface area contributed by atoms with Crippen molar-refractivity contribution in [1.82, 2.24) is 9.80 Å². The zero-order valence-electron chi connectivity index (χ0n) is 20.0. The lowest BCUT2D eigenvalue weighted by molar-refractivity contribution is -0.126. The van der Waals surface area contributed by atoms with Gasteiger partial charge in [-0.15, -0.1) is 0 Å². The summed E-state index contributed by atoms with van der Waals surface area (Å²) >= 11 is 12.2. The van der Waals surface area contributed by atoms with Crippen LogP contribution in [0.2, 0.25) is 10.0 Å². The maximum Gasteiger partial charge on any atom is 0.251 e. The normalized spacial score (nSPS) is 23.9. The van der Waals surface area contributed by atoms with Gasteiger partial charge in [-0.05, 0) is 49.2 Å². The average Bonchev–Trinajstić information content (AvgIpc) is 3.31. The first-order chi connectivity index (χ1) is 17.2. The lowest BCUT2D eigenvalue weighted by Crippen LogP contribution is -2.56. The van der Waals surface area contributed by atoms with Crippen LogP contribution >= 0.6 is 23.2 Å². The number of anilines is 2. The number of aryl methyl sites for hydroxylation is 2. The minimum atomic E-state index is -0.551. The molecule has 10 heteroatoms. The summed E-state index contributed by atoms with van der Waals surface area (Å²) in [6.07, 6.45) is 0.209. The highest BCUT2D eigenvalue weighted by Crippen LogP contribution is 2.33. The predicted octanol–water partition coefficient (Wildman–Crippen LogP) is 3.19. The fourth-order valence-electron chi connectivity index (χ4n) is 5.32. The SMILES string of the molecule is Cc1ccc(Cl)cc1N1C(=O)C[C@H](N2CCN([C@H]3CC(=O)N(c4cc(Cl)ccc4C)C3=O)CC2)C1=O. The van der Waals surface area contributed by atoms with Gasteiger partial charge in [0, 0.05) is 36.2 Å². The van der Waals surface area contributed by atoms with Crippen LogP contribution in [0.1, 0.15) is 24.0 Å². The Morgan fingerprint density at radius 1 is 0.639 bits per heavy atom. The second-order valence-electron chi connectivity index (χ2n) is 9.51. The lowest BCUT2D eigenvalue weighted by atomic mass is 10.1. The van der Waals surface area contributed by atoms with E-state index in [2.05, 4.69) is 0 Å². The van der Waals surface area contributed by atoms with Crippen LogP contribution in [-0.2, 0) is 19.2 Å². The van der Waals surface area contributed by atoms with Gasteiger partial charge in [0.1, 0.15) is 0 Å². The first-order valence-corrected chi connectivity index (χ1v) is 12.7. The molecule has 0 N–H and O–H groups in total. The quantitative estimate of drug-likeness (QED) is 0.567. The van der Waals surface area contributed by atoms with Crippen LogP contribution in [0.3, 0.4) is 0 Å². The number of hydrogen-bond acceptors (Lipinski definition) is 6. The van der Waals surface area contributed by atoms with Gasteiger partial charge in [-0.1, -0.05) is 35.3 Å². The van der Waals surface area contributed by atoms with Gasteiger partial charge in [0.2, 0.25) is 11.8 Å². The highest BCUT2D eigenvalue weighted by Gasteiger charge is 2.47. The molecule has 3 aliphatic heterocycles. The summed E-state index contributed by atoms with van der Waals surface area (Å²) in [6.45, 7) is 5.74. The van der Waals surface area contributed by atoms with Crippen LogP contribution in [-0.4, -0.2) is 71.7 Å². The summed E-state index contributed by atoms with van der Waals surface area (Å²) in [6, 6.07) is 9.22. The zero-order chi connectivity index (χ0) is 25.7. The van der Waals surface area contributed by atoms with Gasteiger partial charge >= 0.3 is 0 Å². The molecule has 0 radical (unpaired) electrons. The Bertz CT molecular complexity index is 1180. The molecule has 0 spiro atoms. The summed E-state index contributed by atoms with van der Waals surface area (Å²) in [4.78, 5) is 58.6. The molecule has 36 heavy (non-hydrogen) atoms. The number of imide groups is 2. The van der Waals surface area contributed by atoms with E-state index in [1.807, 2.05) is 23.6 Å². The predicted molar refractivity (Wildman–Crippen MR) is 137 cm³/mol. The number of amides is 4. The van der Waals surface area contributed by atoms with Gasteiger partial charge in [0.15, 0.2) is 0 Å². The third-order valence-corrected chi connectivity index (χ3v) is 7.77. The number of benzene rings is 2. The van der Waals surface area contributed by atoms with Crippen LogP contribution in [0.5, 0.6) is 0 Å². The molecule has 3 saturated heterocycles.